The molecule has 2 aromatic rings. The minimum atomic E-state index is -0.132. The van der Waals surface area contributed by atoms with E-state index in [1.54, 1.807) is 11.3 Å². The van der Waals surface area contributed by atoms with Gasteiger partial charge in [-0.1, -0.05) is 24.3 Å². The number of nitrogens with one attached hydrogen (secondary N) is 1. The zero-order valence-corrected chi connectivity index (χ0v) is 14.6. The molecule has 0 spiro atoms. The fourth-order valence-electron chi connectivity index (χ4n) is 3.37. The summed E-state index contributed by atoms with van der Waals surface area (Å²) in [5.74, 6) is 0.598. The molecule has 0 bridgehead atoms. The molecule has 1 saturated carbocycles. The third-order valence-corrected chi connectivity index (χ3v) is 5.82. The summed E-state index contributed by atoms with van der Waals surface area (Å²) < 4.78 is 5.87. The minimum absolute atomic E-state index is 0.0569. The zero-order chi connectivity index (χ0) is 16.5. The fourth-order valence-corrected chi connectivity index (χ4v) is 4.31. The Morgan fingerprint density at radius 3 is 3.00 bits per heavy atom. The number of aromatic nitrogens is 1. The van der Waals surface area contributed by atoms with Crippen LogP contribution in [-0.4, -0.2) is 17.5 Å². The summed E-state index contributed by atoms with van der Waals surface area (Å²) >= 11 is 1.65. The maximum absolute atomic E-state index is 12.6. The first-order valence-corrected chi connectivity index (χ1v) is 9.49. The summed E-state index contributed by atoms with van der Waals surface area (Å²) in [6, 6.07) is 8.34. The van der Waals surface area contributed by atoms with Gasteiger partial charge in [-0.25, -0.2) is 4.98 Å². The summed E-state index contributed by atoms with van der Waals surface area (Å²) in [6.07, 6.45) is 3.52. The number of benzene rings is 1. The van der Waals surface area contributed by atoms with Crippen LogP contribution in [-0.2, 0) is 16.0 Å². The second-order valence-electron chi connectivity index (χ2n) is 6.72. The number of fused-ring (bicyclic) bond motifs is 1. The molecule has 5 heteroatoms. The van der Waals surface area contributed by atoms with Crippen LogP contribution >= 0.6 is 11.3 Å². The van der Waals surface area contributed by atoms with Gasteiger partial charge in [-0.15, -0.1) is 11.3 Å². The maximum atomic E-state index is 12.6. The fraction of sp³-hybridized carbons (Fsp3) is 0.474. The average Bonchev–Trinajstić information content (AvgIpc) is 3.34. The normalized spacial score (nSPS) is 21.1. The lowest BCUT2D eigenvalue weighted by Gasteiger charge is -2.26. The molecule has 2 heterocycles. The Bertz CT molecular complexity index is 738. The van der Waals surface area contributed by atoms with Crippen molar-refractivity contribution in [3.63, 3.8) is 0 Å². The van der Waals surface area contributed by atoms with E-state index in [9.17, 15) is 4.79 Å². The van der Waals surface area contributed by atoms with Crippen molar-refractivity contribution >= 4 is 17.2 Å². The monoisotopic (exact) mass is 342 g/mol. The molecule has 1 fully saturated rings. The molecule has 1 N–H and O–H groups in total. The van der Waals surface area contributed by atoms with E-state index >= 15 is 0 Å². The van der Waals surface area contributed by atoms with Crippen LogP contribution in [0.4, 0.5) is 0 Å². The molecule has 126 valence electrons. The number of amides is 1. The third-order valence-electron chi connectivity index (χ3n) is 4.78. The van der Waals surface area contributed by atoms with Crippen molar-refractivity contribution in [1.82, 2.24) is 10.3 Å². The van der Waals surface area contributed by atoms with Gasteiger partial charge in [-0.05, 0) is 43.2 Å². The van der Waals surface area contributed by atoms with Crippen LogP contribution < -0.4 is 5.32 Å². The lowest BCUT2D eigenvalue weighted by molar-refractivity contribution is -0.125. The first kappa shape index (κ1) is 15.8. The van der Waals surface area contributed by atoms with Crippen LogP contribution in [0.5, 0.6) is 0 Å². The van der Waals surface area contributed by atoms with Crippen molar-refractivity contribution < 1.29 is 9.53 Å². The van der Waals surface area contributed by atoms with Gasteiger partial charge in [0.15, 0.2) is 0 Å². The highest BCUT2D eigenvalue weighted by Gasteiger charge is 2.35. The van der Waals surface area contributed by atoms with Gasteiger partial charge in [0.05, 0.1) is 25.2 Å². The number of carbonyl (C=O) groups excluding carboxylic acids is 1. The van der Waals surface area contributed by atoms with Crippen LogP contribution in [0, 0.1) is 12.8 Å². The molecular weight excluding hydrogens is 320 g/mol. The van der Waals surface area contributed by atoms with Crippen molar-refractivity contribution in [2.75, 3.05) is 6.61 Å². The Hall–Kier alpha value is -1.72. The van der Waals surface area contributed by atoms with Crippen LogP contribution in [0.2, 0.25) is 0 Å². The van der Waals surface area contributed by atoms with Crippen LogP contribution in [0.1, 0.15) is 53.2 Å². The number of hydrogen-bond donors (Lipinski definition) is 1. The van der Waals surface area contributed by atoms with Gasteiger partial charge in [0.25, 0.3) is 0 Å². The molecular formula is C19H22N2O2S. The highest BCUT2D eigenvalue weighted by molar-refractivity contribution is 7.09. The summed E-state index contributed by atoms with van der Waals surface area (Å²) in [5.41, 5.74) is 3.49. The largest absolute Gasteiger partial charge is 0.373 e. The highest BCUT2D eigenvalue weighted by Crippen LogP contribution is 2.42. The molecule has 1 amide bonds. The Morgan fingerprint density at radius 2 is 2.25 bits per heavy atom. The number of rotatable bonds is 5. The Morgan fingerprint density at radius 1 is 1.42 bits per heavy atom. The van der Waals surface area contributed by atoms with Crippen molar-refractivity contribution in [2.24, 2.45) is 5.92 Å². The predicted octanol–water partition coefficient (Wildman–Crippen LogP) is 3.72. The predicted molar refractivity (Wildman–Crippen MR) is 93.9 cm³/mol. The van der Waals surface area contributed by atoms with Gasteiger partial charge in [0.1, 0.15) is 5.01 Å². The lowest BCUT2D eigenvalue weighted by Crippen LogP contribution is -2.32. The average molecular weight is 342 g/mol. The summed E-state index contributed by atoms with van der Waals surface area (Å²) in [6.45, 7) is 2.69. The van der Waals surface area contributed by atoms with E-state index in [-0.39, 0.29) is 18.1 Å². The van der Waals surface area contributed by atoms with Crippen molar-refractivity contribution in [1.29, 1.82) is 0 Å². The molecule has 1 aromatic carbocycles. The van der Waals surface area contributed by atoms with Gasteiger partial charge in [-0.3, -0.25) is 4.79 Å². The second kappa shape index (κ2) is 6.65. The number of carbonyl (C=O) groups is 1. The maximum Gasteiger partial charge on any atom is 0.223 e. The lowest BCUT2D eigenvalue weighted by atomic mass is 9.95. The van der Waals surface area contributed by atoms with Gasteiger partial charge in [-0.2, -0.15) is 0 Å². The molecule has 0 unspecified atom stereocenters. The smallest absolute Gasteiger partial charge is 0.223 e. The molecule has 1 aliphatic heterocycles. The zero-order valence-electron chi connectivity index (χ0n) is 13.8. The van der Waals surface area contributed by atoms with E-state index in [1.807, 2.05) is 13.0 Å². The molecule has 24 heavy (non-hydrogen) atoms. The van der Waals surface area contributed by atoms with Crippen molar-refractivity contribution in [2.45, 2.75) is 44.8 Å². The van der Waals surface area contributed by atoms with Crippen LogP contribution in [0.3, 0.4) is 0 Å². The topological polar surface area (TPSA) is 51.2 Å². The quantitative estimate of drug-likeness (QED) is 0.901. The molecule has 0 saturated heterocycles. The minimum Gasteiger partial charge on any atom is -0.373 e. The van der Waals surface area contributed by atoms with Crippen molar-refractivity contribution in [3.8, 4) is 0 Å². The first-order chi connectivity index (χ1) is 11.7. The van der Waals surface area contributed by atoms with Crippen molar-refractivity contribution in [3.05, 3.63) is 51.5 Å². The molecule has 4 rings (SSSR count). The van der Waals surface area contributed by atoms with Crippen LogP contribution in [0.15, 0.2) is 29.6 Å². The standard InChI is InChI=1S/C19H22N2O2S/c1-12-11-24-19(20-12)18(14-6-7-14)21-17(22)10-16-15-5-3-2-4-13(15)8-9-23-16/h2-5,11,14,16,18H,6-10H2,1H3,(H,21,22)/t16-,18+/m0/s1. The molecule has 4 nitrogen and oxygen atoms in total. The highest BCUT2D eigenvalue weighted by atomic mass is 32.1. The van der Waals surface area contributed by atoms with Gasteiger partial charge in [0.2, 0.25) is 5.91 Å². The number of ether oxygens (including phenoxy) is 1. The van der Waals surface area contributed by atoms with Gasteiger partial charge >= 0.3 is 0 Å². The Kier molecular flexibility index (Phi) is 4.37. The van der Waals surface area contributed by atoms with E-state index in [1.165, 1.54) is 18.4 Å². The second-order valence-corrected chi connectivity index (χ2v) is 7.61. The molecule has 1 aliphatic carbocycles. The van der Waals surface area contributed by atoms with E-state index < -0.39 is 0 Å². The Balaban J connectivity index is 1.45. The molecule has 0 radical (unpaired) electrons. The summed E-state index contributed by atoms with van der Waals surface area (Å²) in [5, 5.41) is 6.30. The Labute approximate surface area is 146 Å². The number of nitrogens with zero attached hydrogens (tertiary/aromatic N) is 1. The first-order valence-electron chi connectivity index (χ1n) is 8.61. The van der Waals surface area contributed by atoms with E-state index in [4.69, 9.17) is 4.74 Å². The van der Waals surface area contributed by atoms with Gasteiger partial charge < -0.3 is 10.1 Å². The van der Waals surface area contributed by atoms with E-state index in [0.717, 1.165) is 22.7 Å². The molecule has 2 atom stereocenters. The number of thiazole rings is 1. The number of aryl methyl sites for hydroxylation is 1. The number of hydrogen-bond acceptors (Lipinski definition) is 4. The molecule has 2 aliphatic rings. The third kappa shape index (κ3) is 3.37. The summed E-state index contributed by atoms with van der Waals surface area (Å²) in [7, 11) is 0. The van der Waals surface area contributed by atoms with E-state index in [2.05, 4.69) is 33.9 Å². The van der Waals surface area contributed by atoms with Crippen LogP contribution in [0.25, 0.3) is 0 Å². The van der Waals surface area contributed by atoms with E-state index in [0.29, 0.717) is 18.9 Å². The van der Waals surface area contributed by atoms with Gasteiger partial charge in [0, 0.05) is 11.1 Å². The molecule has 1 aromatic heterocycles. The SMILES string of the molecule is Cc1csc([C@H](NC(=O)C[C@@H]2OCCc3ccccc32)C2CC2)n1. The summed E-state index contributed by atoms with van der Waals surface area (Å²) in [4.78, 5) is 17.2.